The van der Waals surface area contributed by atoms with Crippen LogP contribution in [0.3, 0.4) is 0 Å². The van der Waals surface area contributed by atoms with E-state index in [0.29, 0.717) is 22.3 Å². The quantitative estimate of drug-likeness (QED) is 0.249. The van der Waals surface area contributed by atoms with Gasteiger partial charge < -0.3 is 4.42 Å². The Morgan fingerprint density at radius 3 is 2.77 bits per heavy atom. The Bertz CT molecular complexity index is 1280. The van der Waals surface area contributed by atoms with E-state index in [-0.39, 0.29) is 5.91 Å². The highest BCUT2D eigenvalue weighted by molar-refractivity contribution is 8.00. The molecule has 4 aromatic heterocycles. The van der Waals surface area contributed by atoms with Gasteiger partial charge in [0, 0.05) is 16.7 Å². The van der Waals surface area contributed by atoms with E-state index in [1.807, 2.05) is 36.4 Å². The Labute approximate surface area is 189 Å². The summed E-state index contributed by atoms with van der Waals surface area (Å²) in [5.41, 5.74) is 1.72. The molecule has 0 aliphatic heterocycles. The first kappa shape index (κ1) is 19.7. The Kier molecular flexibility index (Phi) is 5.65. The van der Waals surface area contributed by atoms with Crippen molar-refractivity contribution in [3.05, 3.63) is 82.9 Å². The second-order valence-electron chi connectivity index (χ2n) is 6.33. The molecule has 154 valence electrons. The van der Waals surface area contributed by atoms with E-state index >= 15 is 0 Å². The summed E-state index contributed by atoms with van der Waals surface area (Å²) in [6.07, 6.45) is 1.58. The number of carbonyl (C=O) groups is 1. The average molecular weight is 466 g/mol. The van der Waals surface area contributed by atoms with E-state index in [1.54, 1.807) is 52.2 Å². The number of rotatable bonds is 7. The summed E-state index contributed by atoms with van der Waals surface area (Å²) < 4.78 is 7.85. The Balaban J connectivity index is 1.37. The van der Waals surface area contributed by atoms with Crippen molar-refractivity contribution in [1.82, 2.24) is 20.0 Å². The van der Waals surface area contributed by atoms with Crippen LogP contribution in [0.15, 0.2) is 81.1 Å². The second-order valence-corrected chi connectivity index (χ2v) is 9.57. The number of thiophene rings is 1. The van der Waals surface area contributed by atoms with Crippen LogP contribution in [0.5, 0.6) is 0 Å². The average Bonchev–Trinajstić information content (AvgIpc) is 3.60. The van der Waals surface area contributed by atoms with Gasteiger partial charge in [-0.15, -0.1) is 21.5 Å². The molecular weight excluding hydrogens is 450 g/mol. The van der Waals surface area contributed by atoms with Crippen LogP contribution in [0.1, 0.15) is 15.4 Å². The van der Waals surface area contributed by atoms with Gasteiger partial charge in [0.25, 0.3) is 5.91 Å². The molecule has 4 heterocycles. The number of anilines is 1. The maximum absolute atomic E-state index is 13.1. The van der Waals surface area contributed by atoms with Crippen LogP contribution in [-0.2, 0) is 5.75 Å². The predicted molar refractivity (Wildman–Crippen MR) is 123 cm³/mol. The van der Waals surface area contributed by atoms with Crippen molar-refractivity contribution in [2.45, 2.75) is 10.1 Å². The molecule has 0 atom stereocenters. The summed E-state index contributed by atoms with van der Waals surface area (Å²) in [6.45, 7) is 0. The summed E-state index contributed by atoms with van der Waals surface area (Å²) in [5.74, 6) is 1.10. The molecule has 31 heavy (non-hydrogen) atoms. The largest absolute Gasteiger partial charge is 0.463 e. The topological polar surface area (TPSA) is 85.8 Å². The smallest absolute Gasteiger partial charge is 0.276 e. The fourth-order valence-corrected chi connectivity index (χ4v) is 5.38. The molecule has 0 fully saturated rings. The molecule has 1 amide bonds. The molecule has 0 unspecified atom stereocenters. The second kappa shape index (κ2) is 8.88. The fourth-order valence-electron chi connectivity index (χ4n) is 2.86. The molecule has 0 aliphatic carbocycles. The number of nitrogens with one attached hydrogen (secondary N) is 1. The van der Waals surface area contributed by atoms with Crippen LogP contribution in [0.2, 0.25) is 0 Å². The van der Waals surface area contributed by atoms with Gasteiger partial charge in [-0.3, -0.25) is 10.1 Å². The van der Waals surface area contributed by atoms with Crippen molar-refractivity contribution in [2.75, 3.05) is 5.32 Å². The Morgan fingerprint density at radius 1 is 1.10 bits per heavy atom. The van der Waals surface area contributed by atoms with E-state index in [9.17, 15) is 4.79 Å². The summed E-state index contributed by atoms with van der Waals surface area (Å²) >= 11 is 4.65. The van der Waals surface area contributed by atoms with Crippen molar-refractivity contribution in [3.63, 3.8) is 0 Å². The van der Waals surface area contributed by atoms with E-state index in [1.165, 1.54) is 16.2 Å². The highest BCUT2D eigenvalue weighted by atomic mass is 32.2. The van der Waals surface area contributed by atoms with Crippen LogP contribution < -0.4 is 5.32 Å². The number of para-hydroxylation sites is 1. The van der Waals surface area contributed by atoms with E-state index in [0.717, 1.165) is 15.8 Å². The molecule has 0 saturated carbocycles. The summed E-state index contributed by atoms with van der Waals surface area (Å²) in [4.78, 5) is 14.3. The zero-order valence-electron chi connectivity index (χ0n) is 16.0. The van der Waals surface area contributed by atoms with Gasteiger partial charge in [0.15, 0.2) is 10.1 Å². The molecule has 10 heteroatoms. The van der Waals surface area contributed by atoms with Crippen molar-refractivity contribution in [3.8, 4) is 17.1 Å². The van der Waals surface area contributed by atoms with E-state index in [4.69, 9.17) is 4.42 Å². The minimum absolute atomic E-state index is 0.319. The van der Waals surface area contributed by atoms with Crippen LogP contribution in [0, 0.1) is 0 Å². The van der Waals surface area contributed by atoms with Crippen molar-refractivity contribution < 1.29 is 9.21 Å². The van der Waals surface area contributed by atoms with Gasteiger partial charge in [-0.25, -0.2) is 4.68 Å². The third kappa shape index (κ3) is 4.46. The van der Waals surface area contributed by atoms with Crippen LogP contribution in [-0.4, -0.2) is 25.9 Å². The first-order valence-corrected chi connectivity index (χ1v) is 11.9. The molecule has 0 spiro atoms. The molecule has 0 saturated heterocycles. The zero-order chi connectivity index (χ0) is 21.0. The number of hydrogen-bond acceptors (Lipinski definition) is 8. The number of aromatic nitrogens is 4. The van der Waals surface area contributed by atoms with Crippen LogP contribution in [0.25, 0.3) is 17.1 Å². The van der Waals surface area contributed by atoms with Gasteiger partial charge >= 0.3 is 0 Å². The molecule has 0 bridgehead atoms. The SMILES string of the molecule is O=C(Nc1nnc(SCc2cccs2)s1)c1cc(-c2ccco2)nn1-c1ccccc1. The molecule has 7 nitrogen and oxygen atoms in total. The number of furan rings is 1. The Morgan fingerprint density at radius 2 is 2.00 bits per heavy atom. The number of benzene rings is 1. The molecule has 5 rings (SSSR count). The Hall–Kier alpha value is -3.21. The fraction of sp³-hybridized carbons (Fsp3) is 0.0476. The maximum atomic E-state index is 13.1. The van der Waals surface area contributed by atoms with Gasteiger partial charge in [0.2, 0.25) is 5.13 Å². The summed E-state index contributed by atoms with van der Waals surface area (Å²) in [7, 11) is 0. The number of nitrogens with zero attached hydrogens (tertiary/aromatic N) is 4. The monoisotopic (exact) mass is 465 g/mol. The van der Waals surface area contributed by atoms with Gasteiger partial charge in [-0.1, -0.05) is 47.4 Å². The lowest BCUT2D eigenvalue weighted by Gasteiger charge is -2.06. The van der Waals surface area contributed by atoms with Crippen molar-refractivity contribution in [1.29, 1.82) is 0 Å². The normalized spacial score (nSPS) is 11.0. The number of hydrogen-bond donors (Lipinski definition) is 1. The van der Waals surface area contributed by atoms with Crippen molar-refractivity contribution in [2.24, 2.45) is 0 Å². The first-order chi connectivity index (χ1) is 15.3. The lowest BCUT2D eigenvalue weighted by molar-refractivity contribution is 0.101. The highest BCUT2D eigenvalue weighted by Gasteiger charge is 2.20. The van der Waals surface area contributed by atoms with Gasteiger partial charge in [-0.05, 0) is 35.7 Å². The minimum atomic E-state index is -0.319. The summed E-state index contributed by atoms with van der Waals surface area (Å²) in [5, 5.41) is 18.2. The maximum Gasteiger partial charge on any atom is 0.276 e. The molecule has 0 radical (unpaired) electrons. The minimum Gasteiger partial charge on any atom is -0.463 e. The number of amides is 1. The molecule has 0 aliphatic rings. The molecular formula is C21H15N5O2S3. The standard InChI is InChI=1S/C21H15N5O2S3/c27-19(22-20-23-24-21(31-20)30-13-15-8-5-11-29-15)17-12-16(18-9-4-10-28-18)25-26(17)14-6-2-1-3-7-14/h1-12H,13H2,(H,22,23,27). The van der Waals surface area contributed by atoms with Crippen LogP contribution in [0.4, 0.5) is 5.13 Å². The molecule has 1 N–H and O–H groups in total. The molecule has 1 aromatic carbocycles. The van der Waals surface area contributed by atoms with E-state index in [2.05, 4.69) is 32.1 Å². The number of carbonyl (C=O) groups excluding carboxylic acids is 1. The van der Waals surface area contributed by atoms with Gasteiger partial charge in [0.05, 0.1) is 12.0 Å². The number of thioether (sulfide) groups is 1. The lowest BCUT2D eigenvalue weighted by atomic mass is 10.2. The zero-order valence-corrected chi connectivity index (χ0v) is 18.4. The van der Waals surface area contributed by atoms with E-state index < -0.39 is 0 Å². The predicted octanol–water partition coefficient (Wildman–Crippen LogP) is 5.59. The van der Waals surface area contributed by atoms with Crippen molar-refractivity contribution >= 4 is 45.5 Å². The highest BCUT2D eigenvalue weighted by Crippen LogP contribution is 2.30. The lowest BCUT2D eigenvalue weighted by Crippen LogP contribution is -2.16. The van der Waals surface area contributed by atoms with Crippen LogP contribution >= 0.6 is 34.4 Å². The third-order valence-corrected chi connectivity index (χ3v) is 7.34. The third-order valence-electron chi connectivity index (χ3n) is 4.26. The summed E-state index contributed by atoms with van der Waals surface area (Å²) in [6, 6.07) is 18.9. The van der Waals surface area contributed by atoms with Gasteiger partial charge in [-0.2, -0.15) is 5.10 Å². The van der Waals surface area contributed by atoms with Gasteiger partial charge in [0.1, 0.15) is 11.4 Å². The first-order valence-electron chi connectivity index (χ1n) is 9.26. The molecule has 5 aromatic rings.